The van der Waals surface area contributed by atoms with Crippen LogP contribution in [0.15, 0.2) is 84.9 Å². The molecule has 258 valence electrons. The third-order valence-electron chi connectivity index (χ3n) is 11.0. The molecule has 5 rings (SSSR count). The van der Waals surface area contributed by atoms with Gasteiger partial charge >= 0.3 is 0 Å². The molecule has 0 saturated carbocycles. The summed E-state index contributed by atoms with van der Waals surface area (Å²) in [6.07, 6.45) is 12.7. The van der Waals surface area contributed by atoms with Crippen molar-refractivity contribution in [2.24, 2.45) is 0 Å². The Labute approximate surface area is 316 Å². The second-order valence-corrected chi connectivity index (χ2v) is 18.6. The van der Waals surface area contributed by atoms with E-state index in [1.54, 1.807) is 11.1 Å². The van der Waals surface area contributed by atoms with Gasteiger partial charge in [0, 0.05) is 5.41 Å². The van der Waals surface area contributed by atoms with E-state index in [9.17, 15) is 0 Å². The van der Waals surface area contributed by atoms with Gasteiger partial charge in [-0.05, 0) is 57.1 Å². The lowest BCUT2D eigenvalue weighted by molar-refractivity contribution is 0.401. The highest BCUT2D eigenvalue weighted by Crippen LogP contribution is 2.53. The van der Waals surface area contributed by atoms with Gasteiger partial charge in [-0.15, -0.1) is 31.5 Å². The van der Waals surface area contributed by atoms with Gasteiger partial charge in [-0.1, -0.05) is 214 Å². The van der Waals surface area contributed by atoms with Crippen LogP contribution in [-0.2, 0) is 16.2 Å². The van der Waals surface area contributed by atoms with Gasteiger partial charge in [-0.25, -0.2) is 0 Å². The van der Waals surface area contributed by atoms with Gasteiger partial charge in [0.05, 0.1) is 0 Å². The topological polar surface area (TPSA) is 0 Å². The molecule has 4 aromatic rings. The lowest BCUT2D eigenvalue weighted by Gasteiger charge is -2.34. The Bertz CT molecular complexity index is 1550. The fourth-order valence-electron chi connectivity index (χ4n) is 7.91. The first kappa shape index (κ1) is 38.2. The van der Waals surface area contributed by atoms with Crippen LogP contribution in [0.4, 0.5) is 0 Å². The molecular formula is C45H58B2Br2. The average Bonchev–Trinajstić information content (AvgIpc) is 3.35. The molecule has 1 aliphatic rings. The Hall–Kier alpha value is -2.03. The molecule has 0 N–H and O–H groups in total. The van der Waals surface area contributed by atoms with Gasteiger partial charge in [-0.3, -0.25) is 0 Å². The van der Waals surface area contributed by atoms with Gasteiger partial charge < -0.3 is 0 Å². The number of benzene rings is 4. The molecule has 0 aromatic heterocycles. The molecule has 0 nitrogen and oxygen atoms in total. The summed E-state index contributed by atoms with van der Waals surface area (Å²) >= 11 is 8.33. The molecule has 4 aromatic carbocycles. The van der Waals surface area contributed by atoms with Crippen LogP contribution in [0.5, 0.6) is 0 Å². The van der Waals surface area contributed by atoms with Gasteiger partial charge in [0.25, 0.3) is 11.1 Å². The van der Waals surface area contributed by atoms with E-state index in [0.717, 1.165) is 0 Å². The van der Waals surface area contributed by atoms with E-state index in [0.29, 0.717) is 0 Å². The maximum Gasteiger partial charge on any atom is 0.287 e. The highest BCUT2D eigenvalue weighted by molar-refractivity contribution is 9.25. The van der Waals surface area contributed by atoms with Gasteiger partial charge in [0.15, 0.2) is 0 Å². The summed E-state index contributed by atoms with van der Waals surface area (Å²) in [5.74, 6) is 0. The fourth-order valence-corrected chi connectivity index (χ4v) is 9.09. The van der Waals surface area contributed by atoms with Crippen molar-refractivity contribution in [2.45, 2.75) is 136 Å². The monoisotopic (exact) mass is 778 g/mol. The van der Waals surface area contributed by atoms with Crippen LogP contribution in [0.1, 0.15) is 142 Å². The Morgan fingerprint density at radius 2 is 0.816 bits per heavy atom. The summed E-state index contributed by atoms with van der Waals surface area (Å²) in [7, 11) is 0. The van der Waals surface area contributed by atoms with E-state index < -0.39 is 0 Å². The van der Waals surface area contributed by atoms with E-state index >= 15 is 0 Å². The van der Waals surface area contributed by atoms with Crippen molar-refractivity contribution >= 4 is 64.4 Å². The summed E-state index contributed by atoms with van der Waals surface area (Å²) in [5, 5.41) is 0. The zero-order valence-corrected chi connectivity index (χ0v) is 34.7. The van der Waals surface area contributed by atoms with Crippen LogP contribution in [0, 0.1) is 0 Å². The third kappa shape index (κ3) is 8.55. The smallest absolute Gasteiger partial charge is 0.143 e. The maximum atomic E-state index is 4.16. The number of halogens is 2. The van der Waals surface area contributed by atoms with Crippen LogP contribution in [-0.4, -0.2) is 11.1 Å². The standard InChI is InChI=1S/C45H58B2Br2/c1-9-11-13-15-29-45(30-16-14-12-10-2)41-31-37(46(48)35-21-17-33(18-22-35)43(3,4)5)25-27-39(41)40-28-26-38(32-42(40)45)47(49)36-23-19-34(20-24-36)44(6,7)8/h17-28,31-32H,9-16,29-30H2,1-8H3. The SMILES string of the molecule is CCCCCCC1(CCCCCC)c2cc(B(Br)c3ccc(C(C)(C)C)cc3)ccc2-c2ccc(B(Br)c3ccc(C(C)(C)C)cc3)cc21. The minimum Gasteiger partial charge on any atom is -0.143 e. The molecule has 0 aliphatic heterocycles. The molecule has 0 heterocycles. The van der Waals surface area contributed by atoms with Crippen LogP contribution < -0.4 is 21.9 Å². The first-order valence-corrected chi connectivity index (χ1v) is 20.9. The fraction of sp³-hybridized carbons (Fsp3) is 0.467. The first-order chi connectivity index (χ1) is 23.3. The number of rotatable bonds is 14. The van der Waals surface area contributed by atoms with Crippen molar-refractivity contribution in [3.05, 3.63) is 107 Å². The van der Waals surface area contributed by atoms with Crippen molar-refractivity contribution in [1.82, 2.24) is 0 Å². The van der Waals surface area contributed by atoms with E-state index in [4.69, 9.17) is 0 Å². The molecule has 0 amide bonds. The normalized spacial score (nSPS) is 13.7. The molecule has 1 aliphatic carbocycles. The largest absolute Gasteiger partial charge is 0.287 e. The van der Waals surface area contributed by atoms with Crippen LogP contribution in [0.2, 0.25) is 0 Å². The van der Waals surface area contributed by atoms with Crippen molar-refractivity contribution in [2.75, 3.05) is 0 Å². The van der Waals surface area contributed by atoms with E-state index in [1.807, 2.05) is 0 Å². The average molecular weight is 780 g/mol. The van der Waals surface area contributed by atoms with Crippen molar-refractivity contribution in [3.63, 3.8) is 0 Å². The molecule has 0 bridgehead atoms. The van der Waals surface area contributed by atoms with Gasteiger partial charge in [0.1, 0.15) is 0 Å². The first-order valence-electron chi connectivity index (χ1n) is 19.1. The minimum absolute atomic E-state index is 0.0315. The molecular weight excluding hydrogens is 722 g/mol. The van der Waals surface area contributed by atoms with E-state index in [-0.39, 0.29) is 27.3 Å². The molecule has 0 atom stereocenters. The van der Waals surface area contributed by atoms with Crippen molar-refractivity contribution < 1.29 is 0 Å². The number of fused-ring (bicyclic) bond motifs is 3. The van der Waals surface area contributed by atoms with Crippen LogP contribution in [0.3, 0.4) is 0 Å². The minimum atomic E-state index is 0.0315. The maximum absolute atomic E-state index is 4.16. The Morgan fingerprint density at radius 3 is 1.14 bits per heavy atom. The lowest BCUT2D eigenvalue weighted by Crippen LogP contribution is -2.39. The van der Waals surface area contributed by atoms with Gasteiger partial charge in [-0.2, -0.15) is 0 Å². The molecule has 49 heavy (non-hydrogen) atoms. The lowest BCUT2D eigenvalue weighted by atomic mass is 9.60. The van der Waals surface area contributed by atoms with Crippen molar-refractivity contribution in [3.8, 4) is 11.1 Å². The molecule has 0 radical (unpaired) electrons. The van der Waals surface area contributed by atoms with Crippen LogP contribution in [0.25, 0.3) is 11.1 Å². The Kier molecular flexibility index (Phi) is 12.6. The van der Waals surface area contributed by atoms with E-state index in [1.165, 1.54) is 108 Å². The number of hydrogen-bond donors (Lipinski definition) is 0. The Balaban J connectivity index is 1.58. The molecule has 4 heteroatoms. The summed E-state index contributed by atoms with van der Waals surface area (Å²) in [6.45, 7) is 18.4. The molecule has 0 spiro atoms. The predicted octanol–water partition coefficient (Wildman–Crippen LogP) is 11.5. The molecule has 0 unspecified atom stereocenters. The van der Waals surface area contributed by atoms with Gasteiger partial charge in [0.2, 0.25) is 0 Å². The number of hydrogen-bond acceptors (Lipinski definition) is 0. The van der Waals surface area contributed by atoms with Crippen molar-refractivity contribution in [1.29, 1.82) is 0 Å². The quantitative estimate of drug-likeness (QED) is 0.0883. The zero-order chi connectivity index (χ0) is 35.4. The zero-order valence-electron chi connectivity index (χ0n) is 31.6. The van der Waals surface area contributed by atoms with E-state index in [2.05, 4.69) is 172 Å². The number of unbranched alkanes of at least 4 members (excludes halogenated alkanes) is 6. The predicted molar refractivity (Wildman–Crippen MR) is 228 cm³/mol. The Morgan fingerprint density at radius 1 is 0.469 bits per heavy atom. The summed E-state index contributed by atoms with van der Waals surface area (Å²) < 4.78 is 0. The highest BCUT2D eigenvalue weighted by atomic mass is 79.9. The summed E-state index contributed by atoms with van der Waals surface area (Å²) in [5.41, 5.74) is 14.8. The third-order valence-corrected chi connectivity index (χ3v) is 13.2. The highest BCUT2D eigenvalue weighted by Gasteiger charge is 2.43. The molecule has 0 saturated heterocycles. The summed E-state index contributed by atoms with van der Waals surface area (Å²) in [6, 6.07) is 33.3. The van der Waals surface area contributed by atoms with Crippen LogP contribution >= 0.6 is 31.5 Å². The second-order valence-electron chi connectivity index (χ2n) is 16.8. The molecule has 0 fully saturated rings. The second kappa shape index (κ2) is 16.1. The summed E-state index contributed by atoms with van der Waals surface area (Å²) in [4.78, 5) is 0.